The Kier molecular flexibility index (Phi) is 7.52. The zero-order valence-corrected chi connectivity index (χ0v) is 18.8. The van der Waals surface area contributed by atoms with Crippen LogP contribution < -0.4 is 5.32 Å². The van der Waals surface area contributed by atoms with Crippen molar-refractivity contribution < 1.29 is 14.3 Å². The number of carbonyl (C=O) groups excluding carboxylic acids is 2. The first-order valence-electron chi connectivity index (χ1n) is 11.7. The molecule has 1 saturated carbocycles. The van der Waals surface area contributed by atoms with Crippen molar-refractivity contribution in [1.82, 2.24) is 25.2 Å². The Bertz CT molecular complexity index is 894. The van der Waals surface area contributed by atoms with Crippen LogP contribution in [0.2, 0.25) is 0 Å². The van der Waals surface area contributed by atoms with E-state index in [0.717, 1.165) is 19.5 Å². The van der Waals surface area contributed by atoms with E-state index in [1.165, 1.54) is 44.8 Å². The van der Waals surface area contributed by atoms with Gasteiger partial charge >= 0.3 is 5.97 Å². The predicted molar refractivity (Wildman–Crippen MR) is 120 cm³/mol. The summed E-state index contributed by atoms with van der Waals surface area (Å²) in [6, 6.07) is 10.0. The van der Waals surface area contributed by atoms with Crippen molar-refractivity contribution in [3.8, 4) is 0 Å². The van der Waals surface area contributed by atoms with Gasteiger partial charge in [-0.25, -0.2) is 9.48 Å². The summed E-state index contributed by atoms with van der Waals surface area (Å²) in [6.07, 6.45) is 9.45. The first-order valence-corrected chi connectivity index (χ1v) is 11.7. The molecule has 1 aliphatic carbocycles. The molecule has 2 atom stereocenters. The van der Waals surface area contributed by atoms with E-state index >= 15 is 0 Å². The van der Waals surface area contributed by atoms with E-state index in [1.807, 2.05) is 18.2 Å². The zero-order chi connectivity index (χ0) is 22.3. The number of ether oxygens (including phenoxy) is 1. The Hall–Kier alpha value is -2.74. The van der Waals surface area contributed by atoms with Gasteiger partial charge in [0.2, 0.25) is 5.91 Å². The number of likely N-dealkylation sites (tertiary alicyclic amines) is 1. The number of amides is 1. The van der Waals surface area contributed by atoms with Gasteiger partial charge in [0.1, 0.15) is 0 Å². The number of methoxy groups -OCH3 is 1. The van der Waals surface area contributed by atoms with Gasteiger partial charge in [-0.05, 0) is 37.2 Å². The van der Waals surface area contributed by atoms with Crippen molar-refractivity contribution in [1.29, 1.82) is 0 Å². The molecule has 4 rings (SSSR count). The fraction of sp³-hybridized carbons (Fsp3) is 0.583. The van der Waals surface area contributed by atoms with Gasteiger partial charge in [-0.3, -0.25) is 9.69 Å². The van der Waals surface area contributed by atoms with Crippen molar-refractivity contribution >= 4 is 11.9 Å². The third-order valence-electron chi connectivity index (χ3n) is 6.74. The summed E-state index contributed by atoms with van der Waals surface area (Å²) in [7, 11) is 1.33. The van der Waals surface area contributed by atoms with Gasteiger partial charge in [-0.15, -0.1) is 5.10 Å². The summed E-state index contributed by atoms with van der Waals surface area (Å²) in [4.78, 5) is 27.2. The lowest BCUT2D eigenvalue weighted by molar-refractivity contribution is -0.125. The molecule has 2 aliphatic rings. The van der Waals surface area contributed by atoms with E-state index < -0.39 is 5.97 Å². The Balaban J connectivity index is 1.41. The Morgan fingerprint density at radius 2 is 1.94 bits per heavy atom. The van der Waals surface area contributed by atoms with Crippen molar-refractivity contribution in [3.63, 3.8) is 0 Å². The lowest BCUT2D eigenvalue weighted by Gasteiger charge is -2.30. The van der Waals surface area contributed by atoms with Gasteiger partial charge in [0.25, 0.3) is 0 Å². The van der Waals surface area contributed by atoms with Crippen LogP contribution in [-0.2, 0) is 16.0 Å². The minimum atomic E-state index is -0.497. The first kappa shape index (κ1) is 22.5. The van der Waals surface area contributed by atoms with Gasteiger partial charge in [-0.1, -0.05) is 54.8 Å². The molecule has 2 heterocycles. The van der Waals surface area contributed by atoms with E-state index in [0.29, 0.717) is 18.9 Å². The van der Waals surface area contributed by atoms with Crippen molar-refractivity contribution in [2.45, 2.75) is 57.0 Å². The van der Waals surface area contributed by atoms with E-state index in [4.69, 9.17) is 4.74 Å². The molecule has 32 heavy (non-hydrogen) atoms. The number of benzene rings is 1. The molecule has 0 unspecified atom stereocenters. The van der Waals surface area contributed by atoms with E-state index in [2.05, 4.69) is 32.7 Å². The number of hydrogen-bond donors (Lipinski definition) is 1. The minimum absolute atomic E-state index is 0.00868. The van der Waals surface area contributed by atoms with Crippen LogP contribution in [0, 0.1) is 5.92 Å². The number of hydrogen-bond acceptors (Lipinski definition) is 6. The second-order valence-electron chi connectivity index (χ2n) is 8.97. The first-order chi connectivity index (χ1) is 15.6. The smallest absolute Gasteiger partial charge is 0.360 e. The SMILES string of the molecule is COC(=O)c1cn([C@H]2C[C@@H](C(=O)NCCc3ccccc3)N(CC3CCCCC3)C2)nn1. The van der Waals surface area contributed by atoms with Crippen LogP contribution in [-0.4, -0.2) is 64.6 Å². The molecule has 1 N–H and O–H groups in total. The molecule has 1 amide bonds. The molecule has 1 aromatic carbocycles. The van der Waals surface area contributed by atoms with Crippen molar-refractivity contribution in [2.75, 3.05) is 26.7 Å². The summed E-state index contributed by atoms with van der Waals surface area (Å²) in [5, 5.41) is 11.2. The van der Waals surface area contributed by atoms with Crippen LogP contribution in [0.5, 0.6) is 0 Å². The van der Waals surface area contributed by atoms with Gasteiger partial charge in [0.15, 0.2) is 5.69 Å². The molecule has 0 radical (unpaired) electrons. The van der Waals surface area contributed by atoms with Crippen molar-refractivity contribution in [3.05, 3.63) is 47.8 Å². The van der Waals surface area contributed by atoms with Crippen LogP contribution in [0.3, 0.4) is 0 Å². The van der Waals surface area contributed by atoms with Crippen molar-refractivity contribution in [2.24, 2.45) is 5.92 Å². The molecule has 1 aromatic heterocycles. The highest BCUT2D eigenvalue weighted by Gasteiger charge is 2.39. The second-order valence-corrected chi connectivity index (χ2v) is 8.97. The van der Waals surface area contributed by atoms with Crippen LogP contribution in [0.25, 0.3) is 0 Å². The molecule has 2 fully saturated rings. The predicted octanol–water partition coefficient (Wildman–Crippen LogP) is 2.62. The maximum atomic E-state index is 13.2. The second kappa shape index (κ2) is 10.7. The molecular weight excluding hydrogens is 406 g/mol. The van der Waals surface area contributed by atoms with Crippen LogP contribution in [0.4, 0.5) is 0 Å². The van der Waals surface area contributed by atoms with Crippen LogP contribution in [0.15, 0.2) is 36.5 Å². The topological polar surface area (TPSA) is 89.4 Å². The molecule has 8 nitrogen and oxygen atoms in total. The molecule has 172 valence electrons. The fourth-order valence-corrected chi connectivity index (χ4v) is 4.99. The quantitative estimate of drug-likeness (QED) is 0.636. The Morgan fingerprint density at radius 1 is 1.16 bits per heavy atom. The lowest BCUT2D eigenvalue weighted by atomic mass is 9.89. The largest absolute Gasteiger partial charge is 0.464 e. The summed E-state index contributed by atoms with van der Waals surface area (Å²) in [6.45, 7) is 2.29. The van der Waals surface area contributed by atoms with E-state index in [-0.39, 0.29) is 23.7 Å². The summed E-state index contributed by atoms with van der Waals surface area (Å²) >= 11 is 0. The van der Waals surface area contributed by atoms with Gasteiger partial charge in [0.05, 0.1) is 25.4 Å². The standard InChI is InChI=1S/C24H33N5O3/c1-32-24(31)21-17-29(27-26-21)20-14-22(28(16-20)15-19-10-6-3-7-11-19)23(30)25-13-12-18-8-4-2-5-9-18/h2,4-5,8-9,17,19-20,22H,3,6-7,10-16H2,1H3,(H,25,30)/t20-,22-/m0/s1. The highest BCUT2D eigenvalue weighted by molar-refractivity contribution is 5.86. The molecule has 0 spiro atoms. The minimum Gasteiger partial charge on any atom is -0.464 e. The van der Waals surface area contributed by atoms with Crippen LogP contribution >= 0.6 is 0 Å². The average Bonchev–Trinajstić information content (AvgIpc) is 3.47. The third kappa shape index (κ3) is 5.54. The average molecular weight is 440 g/mol. The molecule has 8 heteroatoms. The van der Waals surface area contributed by atoms with Crippen LogP contribution in [0.1, 0.15) is 60.6 Å². The number of nitrogens with zero attached hydrogens (tertiary/aromatic N) is 4. The number of aromatic nitrogens is 3. The number of esters is 1. The molecule has 2 aromatic rings. The fourth-order valence-electron chi connectivity index (χ4n) is 4.99. The molecule has 0 bridgehead atoms. The van der Waals surface area contributed by atoms with Gasteiger partial charge in [-0.2, -0.15) is 0 Å². The lowest BCUT2D eigenvalue weighted by Crippen LogP contribution is -2.45. The highest BCUT2D eigenvalue weighted by atomic mass is 16.5. The maximum absolute atomic E-state index is 13.2. The maximum Gasteiger partial charge on any atom is 0.360 e. The molecular formula is C24H33N5O3. The number of nitrogens with one attached hydrogen (secondary N) is 1. The monoisotopic (exact) mass is 439 g/mol. The molecule has 1 aliphatic heterocycles. The Labute approximate surface area is 189 Å². The molecule has 1 saturated heterocycles. The van der Waals surface area contributed by atoms with E-state index in [1.54, 1.807) is 10.9 Å². The number of carbonyl (C=O) groups is 2. The third-order valence-corrected chi connectivity index (χ3v) is 6.74. The normalized spacial score (nSPS) is 22.0. The van der Waals surface area contributed by atoms with Gasteiger partial charge < -0.3 is 10.1 Å². The highest BCUT2D eigenvalue weighted by Crippen LogP contribution is 2.31. The zero-order valence-electron chi connectivity index (χ0n) is 18.8. The Morgan fingerprint density at radius 3 is 2.69 bits per heavy atom. The summed E-state index contributed by atoms with van der Waals surface area (Å²) in [5.41, 5.74) is 1.41. The summed E-state index contributed by atoms with van der Waals surface area (Å²) in [5.74, 6) is 0.222. The van der Waals surface area contributed by atoms with E-state index in [9.17, 15) is 9.59 Å². The van der Waals surface area contributed by atoms with Gasteiger partial charge in [0, 0.05) is 19.6 Å². The summed E-state index contributed by atoms with van der Waals surface area (Å²) < 4.78 is 6.46. The number of rotatable bonds is 8.